The van der Waals surface area contributed by atoms with Gasteiger partial charge < -0.3 is 9.64 Å². The fourth-order valence-corrected chi connectivity index (χ4v) is 8.04. The van der Waals surface area contributed by atoms with Crippen LogP contribution in [0.3, 0.4) is 0 Å². The monoisotopic (exact) mass is 582 g/mol. The minimum atomic E-state index is -0.627. The van der Waals surface area contributed by atoms with E-state index in [4.69, 9.17) is 4.74 Å². The summed E-state index contributed by atoms with van der Waals surface area (Å²) in [5, 5.41) is 0. The predicted octanol–water partition coefficient (Wildman–Crippen LogP) is 5.66. The molecule has 5 aliphatic rings. The van der Waals surface area contributed by atoms with Gasteiger partial charge in [-0.25, -0.2) is 4.90 Å². The van der Waals surface area contributed by atoms with Crippen LogP contribution in [0.15, 0.2) is 91.0 Å². The molecule has 0 spiro atoms. The van der Waals surface area contributed by atoms with Crippen molar-refractivity contribution in [1.82, 2.24) is 0 Å². The highest BCUT2D eigenvalue weighted by Gasteiger charge is 2.61. The Balaban J connectivity index is 1.06. The van der Waals surface area contributed by atoms with E-state index in [2.05, 4.69) is 24.3 Å². The average Bonchev–Trinajstić information content (AvgIpc) is 3.54. The van der Waals surface area contributed by atoms with Crippen molar-refractivity contribution in [3.8, 4) is 5.75 Å². The highest BCUT2D eigenvalue weighted by atomic mass is 16.5. The molecule has 4 aromatic rings. The summed E-state index contributed by atoms with van der Waals surface area (Å²) in [4.78, 5) is 57.2. The van der Waals surface area contributed by atoms with E-state index in [1.165, 1.54) is 4.90 Å². The van der Waals surface area contributed by atoms with Gasteiger partial charge in [0.05, 0.1) is 23.4 Å². The number of carbonyl (C=O) groups excluding carboxylic acids is 4. The summed E-state index contributed by atoms with van der Waals surface area (Å²) in [6.45, 7) is 4.18. The van der Waals surface area contributed by atoms with Gasteiger partial charge in [-0.3, -0.25) is 19.2 Å². The number of anilines is 2. The maximum Gasteiger partial charge on any atom is 0.316 e. The van der Waals surface area contributed by atoms with Crippen molar-refractivity contribution < 1.29 is 23.9 Å². The molecule has 3 amide bonds. The second-order valence-electron chi connectivity index (χ2n) is 12.4. The second kappa shape index (κ2) is 9.74. The Labute approximate surface area is 255 Å². The van der Waals surface area contributed by atoms with E-state index < -0.39 is 23.7 Å². The van der Waals surface area contributed by atoms with Crippen molar-refractivity contribution in [2.45, 2.75) is 32.1 Å². The number of esters is 1. The van der Waals surface area contributed by atoms with Crippen LogP contribution in [0.2, 0.25) is 0 Å². The van der Waals surface area contributed by atoms with Crippen LogP contribution in [0.25, 0.3) is 0 Å². The SMILES string of the molecule is Cc1cc(C)cc(N2C[C@H](C(=O)Oc3cccc(N4C(=O)[C@H]5C6c7ccccc7C(c7ccccc76)[C@@H]5C4=O)c3)CC2=O)c1. The molecule has 0 N–H and O–H groups in total. The smallest absolute Gasteiger partial charge is 0.316 e. The van der Waals surface area contributed by atoms with Gasteiger partial charge in [0.15, 0.2) is 0 Å². The van der Waals surface area contributed by atoms with Crippen molar-refractivity contribution in [3.63, 3.8) is 0 Å². The van der Waals surface area contributed by atoms with Gasteiger partial charge in [0, 0.05) is 36.6 Å². The first-order valence-corrected chi connectivity index (χ1v) is 15.1. The second-order valence-corrected chi connectivity index (χ2v) is 12.4. The van der Waals surface area contributed by atoms with Crippen molar-refractivity contribution in [2.24, 2.45) is 17.8 Å². The summed E-state index contributed by atoms with van der Waals surface area (Å²) in [7, 11) is 0. The van der Waals surface area contributed by atoms with E-state index in [0.717, 1.165) is 39.1 Å². The van der Waals surface area contributed by atoms with E-state index >= 15 is 0 Å². The van der Waals surface area contributed by atoms with Crippen molar-refractivity contribution in [2.75, 3.05) is 16.3 Å². The molecule has 3 atom stereocenters. The Morgan fingerprint density at radius 2 is 1.23 bits per heavy atom. The molecular weight excluding hydrogens is 552 g/mol. The van der Waals surface area contributed by atoms with Crippen LogP contribution >= 0.6 is 0 Å². The van der Waals surface area contributed by atoms with Crippen LogP contribution in [0.5, 0.6) is 5.75 Å². The molecule has 2 bridgehead atoms. The summed E-state index contributed by atoms with van der Waals surface area (Å²) < 4.78 is 5.76. The Morgan fingerprint density at radius 3 is 1.77 bits per heavy atom. The summed E-state index contributed by atoms with van der Waals surface area (Å²) in [5.74, 6) is -2.88. The number of hydrogen-bond acceptors (Lipinski definition) is 5. The lowest BCUT2D eigenvalue weighted by molar-refractivity contribution is -0.139. The van der Waals surface area contributed by atoms with Crippen molar-refractivity contribution in [3.05, 3.63) is 124 Å². The van der Waals surface area contributed by atoms with Crippen LogP contribution in [-0.2, 0) is 19.2 Å². The minimum absolute atomic E-state index is 0.0574. The lowest BCUT2D eigenvalue weighted by Gasteiger charge is -2.45. The molecular formula is C37H30N2O5. The maximum atomic E-state index is 14.1. The molecule has 2 aliphatic heterocycles. The Kier molecular flexibility index (Phi) is 5.88. The number of aryl methyl sites for hydroxylation is 2. The highest BCUT2D eigenvalue weighted by molar-refractivity contribution is 6.23. The molecule has 3 aliphatic carbocycles. The van der Waals surface area contributed by atoms with Crippen LogP contribution in [0.1, 0.15) is 51.6 Å². The molecule has 0 saturated carbocycles. The van der Waals surface area contributed by atoms with Gasteiger partial charge in [0.1, 0.15) is 5.75 Å². The summed E-state index contributed by atoms with van der Waals surface area (Å²) in [6.07, 6.45) is 0.0574. The number of imide groups is 1. The van der Waals surface area contributed by atoms with Crippen LogP contribution in [-0.4, -0.2) is 30.2 Å². The number of ether oxygens (including phenoxy) is 1. The zero-order valence-corrected chi connectivity index (χ0v) is 24.4. The zero-order valence-electron chi connectivity index (χ0n) is 24.4. The first kappa shape index (κ1) is 26.6. The Hall–Kier alpha value is -5.04. The molecule has 7 nitrogen and oxygen atoms in total. The quantitative estimate of drug-likeness (QED) is 0.176. The van der Waals surface area contributed by atoms with Crippen LogP contribution in [0.4, 0.5) is 11.4 Å². The molecule has 0 aromatic heterocycles. The van der Waals surface area contributed by atoms with Gasteiger partial charge in [-0.15, -0.1) is 0 Å². The fraction of sp³-hybridized carbons (Fsp3) is 0.243. The molecule has 2 fully saturated rings. The highest BCUT2D eigenvalue weighted by Crippen LogP contribution is 2.61. The summed E-state index contributed by atoms with van der Waals surface area (Å²) in [6, 6.07) is 28.8. The maximum absolute atomic E-state index is 14.1. The predicted molar refractivity (Wildman–Crippen MR) is 164 cm³/mol. The van der Waals surface area contributed by atoms with Gasteiger partial charge in [0.25, 0.3) is 0 Å². The van der Waals surface area contributed by atoms with E-state index in [9.17, 15) is 19.2 Å². The Morgan fingerprint density at radius 1 is 0.682 bits per heavy atom. The zero-order chi connectivity index (χ0) is 30.3. The van der Waals surface area contributed by atoms with Gasteiger partial charge in [-0.1, -0.05) is 60.7 Å². The number of rotatable bonds is 4. The van der Waals surface area contributed by atoms with Gasteiger partial charge in [-0.05, 0) is 71.5 Å². The molecule has 2 saturated heterocycles. The summed E-state index contributed by atoms with van der Waals surface area (Å²) >= 11 is 0. The molecule has 44 heavy (non-hydrogen) atoms. The molecule has 218 valence electrons. The molecule has 9 rings (SSSR count). The minimum Gasteiger partial charge on any atom is -0.426 e. The lowest BCUT2D eigenvalue weighted by Crippen LogP contribution is -2.41. The fourth-order valence-electron chi connectivity index (χ4n) is 8.04. The average molecular weight is 583 g/mol. The number of benzene rings is 4. The van der Waals surface area contributed by atoms with E-state index in [-0.39, 0.29) is 48.3 Å². The topological polar surface area (TPSA) is 84.0 Å². The Bertz CT molecular complexity index is 1780. The number of amides is 3. The largest absolute Gasteiger partial charge is 0.426 e. The number of nitrogens with zero attached hydrogens (tertiary/aromatic N) is 2. The van der Waals surface area contributed by atoms with E-state index in [1.54, 1.807) is 29.2 Å². The molecule has 2 heterocycles. The number of hydrogen-bond donors (Lipinski definition) is 0. The number of carbonyl (C=O) groups is 4. The van der Waals surface area contributed by atoms with Gasteiger partial charge in [-0.2, -0.15) is 0 Å². The third kappa shape index (κ3) is 3.88. The molecule has 0 unspecified atom stereocenters. The third-order valence-electron chi connectivity index (χ3n) is 9.72. The third-order valence-corrected chi connectivity index (χ3v) is 9.72. The normalized spacial score (nSPS) is 24.8. The van der Waals surface area contributed by atoms with Gasteiger partial charge in [0.2, 0.25) is 17.7 Å². The first-order valence-electron chi connectivity index (χ1n) is 15.1. The van der Waals surface area contributed by atoms with E-state index in [1.807, 2.05) is 56.3 Å². The molecule has 7 heteroatoms. The van der Waals surface area contributed by atoms with Crippen LogP contribution < -0.4 is 14.5 Å². The van der Waals surface area contributed by atoms with Crippen molar-refractivity contribution in [1.29, 1.82) is 0 Å². The van der Waals surface area contributed by atoms with Gasteiger partial charge >= 0.3 is 5.97 Å². The molecule has 4 aromatic carbocycles. The molecule has 0 radical (unpaired) electrons. The van der Waals surface area contributed by atoms with Crippen molar-refractivity contribution >= 4 is 35.1 Å². The van der Waals surface area contributed by atoms with Crippen LogP contribution in [0, 0.1) is 31.6 Å². The van der Waals surface area contributed by atoms with E-state index in [0.29, 0.717) is 5.69 Å². The summed E-state index contributed by atoms with van der Waals surface area (Å²) in [5.41, 5.74) is 7.70. The standard InChI is InChI=1S/C37H30N2O5/c1-20-14-21(2)16-24(15-20)38-19-22(17-30(38)40)37(43)44-25-9-7-8-23(18-25)39-35(41)33-31-26-10-3-4-11-27(26)32(34(33)36(39)42)29-13-6-5-12-28(29)31/h3-16,18,22,31-34H,17,19H2,1-2H3/t22-,31?,32?,33+,34+/m1/s1. The first-order chi connectivity index (χ1) is 21.3. The lowest BCUT2D eigenvalue weighted by atomic mass is 9.55.